The van der Waals surface area contributed by atoms with Gasteiger partial charge in [0.05, 0.1) is 6.61 Å². The lowest BCUT2D eigenvalue weighted by atomic mass is 10.1. The maximum absolute atomic E-state index is 9.04. The topological polar surface area (TPSA) is 74.1 Å². The molecule has 0 saturated heterocycles. The predicted octanol–water partition coefficient (Wildman–Crippen LogP) is 2.04. The Bertz CT molecular complexity index is 653. The number of nitrogens with zero attached hydrogens (tertiary/aromatic N) is 4. The molecule has 1 aromatic carbocycles. The number of methoxy groups -OCH3 is 1. The number of rotatable bonds is 7. The van der Waals surface area contributed by atoms with Gasteiger partial charge in [-0.3, -0.25) is 0 Å². The average molecular weight is 297 g/mol. The minimum Gasteiger partial charge on any atom is -0.383 e. The summed E-state index contributed by atoms with van der Waals surface area (Å²) in [6, 6.07) is 10.1. The van der Waals surface area contributed by atoms with Crippen molar-refractivity contribution in [1.82, 2.24) is 9.97 Å². The fourth-order valence-electron chi connectivity index (χ4n) is 2.11. The van der Waals surface area contributed by atoms with E-state index in [9.17, 15) is 0 Å². The van der Waals surface area contributed by atoms with Gasteiger partial charge in [0.15, 0.2) is 11.5 Å². The third-order valence-electron chi connectivity index (χ3n) is 3.28. The summed E-state index contributed by atoms with van der Waals surface area (Å²) in [5.74, 6) is 0.499. The van der Waals surface area contributed by atoms with E-state index in [4.69, 9.17) is 10.00 Å². The summed E-state index contributed by atoms with van der Waals surface area (Å²) in [7, 11) is 3.72. The summed E-state index contributed by atoms with van der Waals surface area (Å²) < 4.78 is 5.12. The minimum atomic E-state index is 0.299. The molecule has 6 nitrogen and oxygen atoms in total. The van der Waals surface area contributed by atoms with E-state index in [0.29, 0.717) is 24.7 Å². The number of likely N-dealkylation sites (N-methyl/N-ethyl adjacent to an activating group) is 1. The predicted molar refractivity (Wildman–Crippen MR) is 85.7 cm³/mol. The van der Waals surface area contributed by atoms with E-state index in [1.807, 2.05) is 31.3 Å². The molecule has 0 aliphatic carbocycles. The minimum absolute atomic E-state index is 0.299. The van der Waals surface area contributed by atoms with Gasteiger partial charge >= 0.3 is 0 Å². The molecule has 0 fully saturated rings. The lowest BCUT2D eigenvalue weighted by molar-refractivity contribution is 0.206. The number of benzene rings is 1. The molecule has 1 N–H and O–H groups in total. The van der Waals surface area contributed by atoms with Crippen LogP contribution in [-0.4, -0.2) is 37.3 Å². The van der Waals surface area contributed by atoms with E-state index < -0.39 is 0 Å². The fraction of sp³-hybridized carbons (Fsp3) is 0.312. The lowest BCUT2D eigenvalue weighted by Crippen LogP contribution is -2.23. The molecule has 6 heteroatoms. The van der Waals surface area contributed by atoms with E-state index in [0.717, 1.165) is 17.8 Å². The number of hydrogen-bond acceptors (Lipinski definition) is 6. The molecule has 0 spiro atoms. The summed E-state index contributed by atoms with van der Waals surface area (Å²) in [5, 5.41) is 12.2. The number of nitrogens with one attached hydrogen (secondary N) is 1. The highest BCUT2D eigenvalue weighted by Crippen LogP contribution is 2.20. The van der Waals surface area contributed by atoms with Crippen LogP contribution in [0.5, 0.6) is 0 Å². The maximum atomic E-state index is 9.04. The number of para-hydroxylation sites is 1. The molecule has 2 aromatic rings. The van der Waals surface area contributed by atoms with Crippen molar-refractivity contribution in [1.29, 1.82) is 5.26 Å². The first-order valence-corrected chi connectivity index (χ1v) is 6.99. The normalized spacial score (nSPS) is 10.0. The SMILES string of the molecule is COCCN(C)c1ccccc1CNc1nccnc1C#N. The van der Waals surface area contributed by atoms with Gasteiger partial charge in [0.1, 0.15) is 6.07 Å². The quantitative estimate of drug-likeness (QED) is 0.843. The van der Waals surface area contributed by atoms with E-state index in [1.54, 1.807) is 13.3 Å². The summed E-state index contributed by atoms with van der Waals surface area (Å²) in [4.78, 5) is 10.3. The van der Waals surface area contributed by atoms with Crippen molar-refractivity contribution in [2.45, 2.75) is 6.54 Å². The van der Waals surface area contributed by atoms with Gasteiger partial charge in [0.2, 0.25) is 0 Å². The van der Waals surface area contributed by atoms with Crippen molar-refractivity contribution in [3.8, 4) is 6.07 Å². The number of anilines is 2. The largest absolute Gasteiger partial charge is 0.383 e. The lowest BCUT2D eigenvalue weighted by Gasteiger charge is -2.22. The Morgan fingerprint density at radius 2 is 2.05 bits per heavy atom. The summed E-state index contributed by atoms with van der Waals surface area (Å²) in [6.45, 7) is 2.05. The van der Waals surface area contributed by atoms with Crippen molar-refractivity contribution in [2.75, 3.05) is 37.5 Å². The van der Waals surface area contributed by atoms with Crippen LogP contribution in [-0.2, 0) is 11.3 Å². The molecule has 0 amide bonds. The number of hydrogen-bond donors (Lipinski definition) is 1. The van der Waals surface area contributed by atoms with Crippen LogP contribution in [0.4, 0.5) is 11.5 Å². The van der Waals surface area contributed by atoms with Crippen LogP contribution in [0, 0.1) is 11.3 Å². The molecule has 2 rings (SSSR count). The summed E-state index contributed by atoms with van der Waals surface area (Å²) >= 11 is 0. The number of nitriles is 1. The molecule has 114 valence electrons. The molecule has 1 heterocycles. The van der Waals surface area contributed by atoms with Crippen LogP contribution < -0.4 is 10.2 Å². The first-order valence-electron chi connectivity index (χ1n) is 6.99. The molecule has 0 aliphatic heterocycles. The van der Waals surface area contributed by atoms with Gasteiger partial charge in [-0.15, -0.1) is 0 Å². The Labute approximate surface area is 130 Å². The average Bonchev–Trinajstić information content (AvgIpc) is 2.58. The van der Waals surface area contributed by atoms with E-state index in [1.165, 1.54) is 6.20 Å². The Morgan fingerprint density at radius 1 is 1.27 bits per heavy atom. The van der Waals surface area contributed by atoms with Gasteiger partial charge in [-0.25, -0.2) is 9.97 Å². The van der Waals surface area contributed by atoms with E-state index >= 15 is 0 Å². The van der Waals surface area contributed by atoms with Gasteiger partial charge in [-0.1, -0.05) is 18.2 Å². The Balaban J connectivity index is 2.11. The molecule has 0 aliphatic rings. The number of ether oxygens (including phenoxy) is 1. The summed E-state index contributed by atoms with van der Waals surface area (Å²) in [5.41, 5.74) is 2.54. The molecular weight excluding hydrogens is 278 g/mol. The molecular formula is C16H19N5O. The van der Waals surface area contributed by atoms with Crippen LogP contribution >= 0.6 is 0 Å². The van der Waals surface area contributed by atoms with Crippen LogP contribution in [0.15, 0.2) is 36.7 Å². The Morgan fingerprint density at radius 3 is 2.82 bits per heavy atom. The maximum Gasteiger partial charge on any atom is 0.182 e. The molecule has 0 unspecified atom stereocenters. The third-order valence-corrected chi connectivity index (χ3v) is 3.28. The van der Waals surface area contributed by atoms with Crippen molar-refractivity contribution >= 4 is 11.5 Å². The fourth-order valence-corrected chi connectivity index (χ4v) is 2.11. The zero-order valence-electron chi connectivity index (χ0n) is 12.8. The van der Waals surface area contributed by atoms with Crippen LogP contribution in [0.3, 0.4) is 0 Å². The molecule has 0 saturated carbocycles. The molecule has 22 heavy (non-hydrogen) atoms. The van der Waals surface area contributed by atoms with Crippen LogP contribution in [0.25, 0.3) is 0 Å². The van der Waals surface area contributed by atoms with Crippen LogP contribution in [0.1, 0.15) is 11.3 Å². The van der Waals surface area contributed by atoms with Gasteiger partial charge in [0.25, 0.3) is 0 Å². The molecule has 0 radical (unpaired) electrons. The summed E-state index contributed by atoms with van der Waals surface area (Å²) in [6.07, 6.45) is 3.08. The van der Waals surface area contributed by atoms with Crippen molar-refractivity contribution < 1.29 is 4.74 Å². The van der Waals surface area contributed by atoms with Crippen molar-refractivity contribution in [3.63, 3.8) is 0 Å². The van der Waals surface area contributed by atoms with Gasteiger partial charge in [-0.05, 0) is 11.6 Å². The smallest absolute Gasteiger partial charge is 0.182 e. The third kappa shape index (κ3) is 3.93. The molecule has 0 atom stereocenters. The van der Waals surface area contributed by atoms with Gasteiger partial charge in [0, 0.05) is 45.3 Å². The van der Waals surface area contributed by atoms with Crippen LogP contribution in [0.2, 0.25) is 0 Å². The van der Waals surface area contributed by atoms with Gasteiger partial charge in [-0.2, -0.15) is 5.26 Å². The standard InChI is InChI=1S/C16H19N5O/c1-21(9-10-22-2)15-6-4-3-5-13(15)12-20-16-14(11-17)18-7-8-19-16/h3-8H,9-10,12H2,1-2H3,(H,19,20). The first-order chi connectivity index (χ1) is 10.8. The second-order valence-corrected chi connectivity index (χ2v) is 4.76. The monoisotopic (exact) mass is 297 g/mol. The zero-order valence-corrected chi connectivity index (χ0v) is 12.8. The van der Waals surface area contributed by atoms with E-state index in [2.05, 4.69) is 26.3 Å². The molecule has 0 bridgehead atoms. The Kier molecular flexibility index (Phi) is 5.69. The second-order valence-electron chi connectivity index (χ2n) is 4.76. The highest BCUT2D eigenvalue weighted by atomic mass is 16.5. The highest BCUT2D eigenvalue weighted by molar-refractivity contribution is 5.55. The zero-order chi connectivity index (χ0) is 15.8. The Hall–Kier alpha value is -2.65. The first kappa shape index (κ1) is 15.7. The molecule has 1 aromatic heterocycles. The highest BCUT2D eigenvalue weighted by Gasteiger charge is 2.08. The number of aromatic nitrogens is 2. The van der Waals surface area contributed by atoms with Crippen molar-refractivity contribution in [3.05, 3.63) is 47.9 Å². The second kappa shape index (κ2) is 7.96. The van der Waals surface area contributed by atoms with E-state index in [-0.39, 0.29) is 0 Å². The van der Waals surface area contributed by atoms with Gasteiger partial charge < -0.3 is 15.0 Å². The van der Waals surface area contributed by atoms with Crippen molar-refractivity contribution in [2.24, 2.45) is 0 Å².